The van der Waals surface area contributed by atoms with E-state index in [1.165, 1.54) is 37.8 Å². The summed E-state index contributed by atoms with van der Waals surface area (Å²) in [5.74, 6) is 2.61. The third-order valence-electron chi connectivity index (χ3n) is 11.4. The molecule has 0 fully saturated rings. The largest absolute Gasteiger partial charge is 0.309 e. The Morgan fingerprint density at radius 2 is 0.793 bits per heavy atom. The Kier molecular flexibility index (Phi) is 7.13. The zero-order valence-corrected chi connectivity index (χ0v) is 31.2. The summed E-state index contributed by atoms with van der Waals surface area (Å²) in [5.41, 5.74) is 8.30. The molecule has 6 heteroatoms. The van der Waals surface area contributed by atoms with Gasteiger partial charge in [-0.1, -0.05) is 127 Å². The van der Waals surface area contributed by atoms with Gasteiger partial charge in [-0.2, -0.15) is 0 Å². The molecule has 0 amide bonds. The van der Waals surface area contributed by atoms with Crippen LogP contribution in [0.1, 0.15) is 0 Å². The first kappa shape index (κ1) is 32.3. The molecule has 0 atom stereocenters. The van der Waals surface area contributed by atoms with Crippen LogP contribution < -0.4 is 0 Å². The maximum atomic E-state index is 5.14. The highest BCUT2D eigenvalue weighted by Crippen LogP contribution is 2.39. The fourth-order valence-electron chi connectivity index (χ4n) is 8.60. The zero-order chi connectivity index (χ0) is 38.2. The molecule has 0 radical (unpaired) electrons. The number of para-hydroxylation sites is 3. The molecule has 4 aromatic heterocycles. The Balaban J connectivity index is 1.03. The fraction of sp³-hybridized carbons (Fsp3) is 0. The van der Waals surface area contributed by atoms with Gasteiger partial charge in [0.15, 0.2) is 17.5 Å². The number of benzene rings is 8. The summed E-state index contributed by atoms with van der Waals surface area (Å²) in [6.07, 6.45) is 1.89. The fourth-order valence-corrected chi connectivity index (χ4v) is 8.60. The highest BCUT2D eigenvalue weighted by atomic mass is 15.1. The SMILES string of the molecule is c1ccc(-n2c3ccccc3c3cc4c5ccccc5n(-c5ccc(-c6nc(-c7ccc8ccccc8c7)nc(-c7ccc8ccccc8c7)n6)cn5)c4cc32)cc1. The summed E-state index contributed by atoms with van der Waals surface area (Å²) >= 11 is 0. The molecule has 4 heterocycles. The van der Waals surface area contributed by atoms with E-state index in [1.54, 1.807) is 0 Å². The van der Waals surface area contributed by atoms with Crippen molar-refractivity contribution in [2.45, 2.75) is 0 Å². The normalized spacial score (nSPS) is 11.8. The first-order valence-electron chi connectivity index (χ1n) is 19.5. The van der Waals surface area contributed by atoms with Gasteiger partial charge in [0.05, 0.1) is 22.1 Å². The van der Waals surface area contributed by atoms with Crippen molar-refractivity contribution in [3.05, 3.63) is 194 Å². The van der Waals surface area contributed by atoms with Crippen LogP contribution in [0.4, 0.5) is 0 Å². The van der Waals surface area contributed by atoms with Crippen molar-refractivity contribution in [3.8, 4) is 45.7 Å². The van der Waals surface area contributed by atoms with Gasteiger partial charge in [0, 0.05) is 50.1 Å². The molecule has 8 aromatic carbocycles. The number of aromatic nitrogens is 6. The van der Waals surface area contributed by atoms with Gasteiger partial charge < -0.3 is 4.57 Å². The van der Waals surface area contributed by atoms with E-state index in [0.29, 0.717) is 17.5 Å². The van der Waals surface area contributed by atoms with Gasteiger partial charge in [-0.3, -0.25) is 4.57 Å². The van der Waals surface area contributed by atoms with Gasteiger partial charge in [0.25, 0.3) is 0 Å². The van der Waals surface area contributed by atoms with E-state index in [2.05, 4.69) is 197 Å². The van der Waals surface area contributed by atoms with Gasteiger partial charge in [-0.15, -0.1) is 0 Å². The molecule has 270 valence electrons. The first-order valence-corrected chi connectivity index (χ1v) is 19.5. The molecule has 0 aliphatic rings. The first-order chi connectivity index (χ1) is 28.7. The van der Waals surface area contributed by atoms with E-state index in [0.717, 1.165) is 55.5 Å². The van der Waals surface area contributed by atoms with E-state index in [-0.39, 0.29) is 0 Å². The lowest BCUT2D eigenvalue weighted by molar-refractivity contribution is 1.05. The van der Waals surface area contributed by atoms with Crippen LogP contribution in [-0.2, 0) is 0 Å². The van der Waals surface area contributed by atoms with Crippen LogP contribution >= 0.6 is 0 Å². The summed E-state index contributed by atoms with van der Waals surface area (Å²) in [4.78, 5) is 20.4. The molecule has 0 bridgehead atoms. The second-order valence-electron chi connectivity index (χ2n) is 14.8. The average Bonchev–Trinajstić information content (AvgIpc) is 3.80. The molecule has 0 aliphatic carbocycles. The monoisotopic (exact) mass is 740 g/mol. The number of rotatable bonds is 5. The minimum Gasteiger partial charge on any atom is -0.309 e. The third kappa shape index (κ3) is 5.12. The van der Waals surface area contributed by atoms with Gasteiger partial charge in [-0.05, 0) is 82.2 Å². The van der Waals surface area contributed by atoms with Crippen LogP contribution in [0, 0.1) is 0 Å². The summed E-state index contributed by atoms with van der Waals surface area (Å²) < 4.78 is 4.64. The number of pyridine rings is 1. The summed E-state index contributed by atoms with van der Waals surface area (Å²) in [6, 6.07) is 66.1. The maximum Gasteiger partial charge on any atom is 0.165 e. The predicted octanol–water partition coefficient (Wildman–Crippen LogP) is 12.8. The number of hydrogen-bond donors (Lipinski definition) is 0. The Hall–Kier alpha value is -7.96. The second-order valence-corrected chi connectivity index (χ2v) is 14.8. The molecule has 12 rings (SSSR count). The van der Waals surface area contributed by atoms with Crippen LogP contribution in [-0.4, -0.2) is 29.1 Å². The van der Waals surface area contributed by atoms with Gasteiger partial charge in [0.1, 0.15) is 5.82 Å². The van der Waals surface area contributed by atoms with Crippen molar-refractivity contribution in [1.82, 2.24) is 29.1 Å². The van der Waals surface area contributed by atoms with E-state index >= 15 is 0 Å². The number of hydrogen-bond acceptors (Lipinski definition) is 4. The van der Waals surface area contributed by atoms with E-state index in [1.807, 2.05) is 6.20 Å². The summed E-state index contributed by atoms with van der Waals surface area (Å²) in [6.45, 7) is 0. The minimum atomic E-state index is 0.566. The van der Waals surface area contributed by atoms with E-state index in [4.69, 9.17) is 19.9 Å². The van der Waals surface area contributed by atoms with Crippen molar-refractivity contribution in [2.24, 2.45) is 0 Å². The van der Waals surface area contributed by atoms with Crippen molar-refractivity contribution in [3.63, 3.8) is 0 Å². The third-order valence-corrected chi connectivity index (χ3v) is 11.4. The van der Waals surface area contributed by atoms with Gasteiger partial charge in [0.2, 0.25) is 0 Å². The van der Waals surface area contributed by atoms with E-state index in [9.17, 15) is 0 Å². The molecule has 0 saturated carbocycles. The lowest BCUT2D eigenvalue weighted by atomic mass is 10.1. The van der Waals surface area contributed by atoms with E-state index < -0.39 is 0 Å². The molecule has 0 unspecified atom stereocenters. The highest BCUT2D eigenvalue weighted by molar-refractivity contribution is 6.19. The van der Waals surface area contributed by atoms with Gasteiger partial charge in [-0.25, -0.2) is 19.9 Å². The molecule has 12 aromatic rings. The molecule has 6 nitrogen and oxygen atoms in total. The standard InChI is InChI=1S/C52H32N6/c1-2-16-40(17-3-1)57-45-20-10-8-18-41(45)43-30-44-42-19-9-11-21-46(42)58(48(44)31-47(43)57)49-27-26-39(32-53-49)52-55-50(37-24-22-33-12-4-6-14-35(33)28-37)54-51(56-52)38-25-23-34-13-5-7-15-36(34)29-38/h1-32H. The zero-order valence-electron chi connectivity index (χ0n) is 31.2. The maximum absolute atomic E-state index is 5.14. The highest BCUT2D eigenvalue weighted by Gasteiger charge is 2.20. The van der Waals surface area contributed by atoms with Crippen molar-refractivity contribution < 1.29 is 0 Å². The lowest BCUT2D eigenvalue weighted by Gasteiger charge is -2.11. The van der Waals surface area contributed by atoms with Crippen LogP contribution in [0.2, 0.25) is 0 Å². The van der Waals surface area contributed by atoms with Crippen molar-refractivity contribution in [2.75, 3.05) is 0 Å². The summed E-state index contributed by atoms with van der Waals surface area (Å²) in [5, 5.41) is 9.41. The Morgan fingerprint density at radius 1 is 0.310 bits per heavy atom. The van der Waals surface area contributed by atoms with Crippen LogP contribution in [0.5, 0.6) is 0 Å². The molecular formula is C52H32N6. The van der Waals surface area contributed by atoms with Crippen molar-refractivity contribution >= 4 is 65.2 Å². The molecule has 58 heavy (non-hydrogen) atoms. The van der Waals surface area contributed by atoms with Gasteiger partial charge >= 0.3 is 0 Å². The Morgan fingerprint density at radius 3 is 1.38 bits per heavy atom. The van der Waals surface area contributed by atoms with Crippen LogP contribution in [0.15, 0.2) is 194 Å². The predicted molar refractivity (Wildman–Crippen MR) is 238 cm³/mol. The van der Waals surface area contributed by atoms with Crippen LogP contribution in [0.25, 0.3) is 111 Å². The molecule has 0 N–H and O–H groups in total. The Labute approximate surface area is 333 Å². The topological polar surface area (TPSA) is 61.4 Å². The quantitative estimate of drug-likeness (QED) is 0.176. The summed E-state index contributed by atoms with van der Waals surface area (Å²) in [7, 11) is 0. The number of fused-ring (bicyclic) bond motifs is 8. The lowest BCUT2D eigenvalue weighted by Crippen LogP contribution is -2.02. The number of nitrogens with zero attached hydrogens (tertiary/aromatic N) is 6. The Bertz CT molecular complexity index is 3470. The molecular weight excluding hydrogens is 709 g/mol. The van der Waals surface area contributed by atoms with Crippen molar-refractivity contribution in [1.29, 1.82) is 0 Å². The molecule has 0 aliphatic heterocycles. The average molecular weight is 741 g/mol. The second kappa shape index (κ2) is 12.8. The molecule has 0 spiro atoms. The minimum absolute atomic E-state index is 0.566. The molecule has 0 saturated heterocycles. The smallest absolute Gasteiger partial charge is 0.165 e. The van der Waals surface area contributed by atoms with Crippen LogP contribution in [0.3, 0.4) is 0 Å².